The molecule has 0 saturated heterocycles. The van der Waals surface area contributed by atoms with Crippen LogP contribution < -0.4 is 9.64 Å². The molecule has 1 heterocycles. The first-order chi connectivity index (χ1) is 11.9. The highest BCUT2D eigenvalue weighted by atomic mass is 19.4. The van der Waals surface area contributed by atoms with Crippen LogP contribution in [-0.2, 0) is 11.2 Å². The molecule has 3 rings (SSSR count). The van der Waals surface area contributed by atoms with Gasteiger partial charge in [-0.25, -0.2) is 0 Å². The Morgan fingerprint density at radius 2 is 1.76 bits per heavy atom. The van der Waals surface area contributed by atoms with E-state index < -0.39 is 6.36 Å². The van der Waals surface area contributed by atoms with Crippen LogP contribution in [0.4, 0.5) is 18.9 Å². The first kappa shape index (κ1) is 17.3. The first-order valence-corrected chi connectivity index (χ1v) is 8.17. The zero-order valence-electron chi connectivity index (χ0n) is 13.8. The number of rotatable bonds is 5. The summed E-state index contributed by atoms with van der Waals surface area (Å²) in [7, 11) is 0. The van der Waals surface area contributed by atoms with E-state index in [1.54, 1.807) is 17.0 Å². The lowest BCUT2D eigenvalue weighted by molar-refractivity contribution is -0.274. The van der Waals surface area contributed by atoms with Gasteiger partial charge in [0.15, 0.2) is 0 Å². The fraction of sp³-hybridized carbons (Fsp3) is 0.316. The molecule has 0 atom stereocenters. The van der Waals surface area contributed by atoms with Gasteiger partial charge in [0.25, 0.3) is 0 Å². The molecule has 6 heteroatoms. The van der Waals surface area contributed by atoms with E-state index in [2.05, 4.69) is 11.7 Å². The van der Waals surface area contributed by atoms with E-state index in [0.29, 0.717) is 13.0 Å². The average molecular weight is 349 g/mol. The number of hydrogen-bond acceptors (Lipinski definition) is 2. The van der Waals surface area contributed by atoms with E-state index in [9.17, 15) is 18.0 Å². The maximum atomic E-state index is 12.2. The third-order valence-electron chi connectivity index (χ3n) is 4.18. The predicted octanol–water partition coefficient (Wildman–Crippen LogP) is 4.94. The molecule has 0 unspecified atom stereocenters. The normalized spacial score (nSPS) is 13.9. The number of fused-ring (bicyclic) bond motifs is 1. The summed E-state index contributed by atoms with van der Waals surface area (Å²) in [5.74, 6) is -0.160. The molecule has 1 aliphatic heterocycles. The molecule has 0 fully saturated rings. The van der Waals surface area contributed by atoms with Crippen molar-refractivity contribution in [2.24, 2.45) is 0 Å². The Labute approximate surface area is 144 Å². The van der Waals surface area contributed by atoms with Gasteiger partial charge in [-0.3, -0.25) is 4.79 Å². The largest absolute Gasteiger partial charge is 0.573 e. The van der Waals surface area contributed by atoms with Crippen molar-refractivity contribution in [2.45, 2.75) is 32.5 Å². The molecule has 1 aliphatic rings. The Morgan fingerprint density at radius 3 is 2.40 bits per heavy atom. The van der Waals surface area contributed by atoms with Crippen LogP contribution in [0.5, 0.6) is 5.75 Å². The van der Waals surface area contributed by atoms with E-state index >= 15 is 0 Å². The number of carbonyl (C=O) groups is 1. The summed E-state index contributed by atoms with van der Waals surface area (Å²) in [6.07, 6.45) is -2.37. The van der Waals surface area contributed by atoms with Gasteiger partial charge in [-0.05, 0) is 41.3 Å². The molecule has 0 bridgehead atoms. The van der Waals surface area contributed by atoms with Gasteiger partial charge in [0.05, 0.1) is 6.42 Å². The third-order valence-corrected chi connectivity index (χ3v) is 4.18. The van der Waals surface area contributed by atoms with E-state index in [1.807, 2.05) is 18.2 Å². The van der Waals surface area contributed by atoms with Crippen molar-refractivity contribution >= 4 is 11.6 Å². The quantitative estimate of drug-likeness (QED) is 0.765. The summed E-state index contributed by atoms with van der Waals surface area (Å²) >= 11 is 0. The monoisotopic (exact) mass is 349 g/mol. The van der Waals surface area contributed by atoms with Crippen molar-refractivity contribution < 1.29 is 22.7 Å². The Bertz CT molecular complexity index is 769. The molecule has 132 valence electrons. The van der Waals surface area contributed by atoms with Crippen molar-refractivity contribution in [3.8, 4) is 16.9 Å². The number of amides is 1. The number of carbonyl (C=O) groups excluding carboxylic acids is 1. The topological polar surface area (TPSA) is 29.5 Å². The number of alkyl halides is 3. The van der Waals surface area contributed by atoms with Crippen LogP contribution in [0.25, 0.3) is 11.1 Å². The average Bonchev–Trinajstić information content (AvgIpc) is 2.86. The lowest BCUT2D eigenvalue weighted by atomic mass is 10.0. The number of halogens is 3. The molecule has 0 aliphatic carbocycles. The number of unbranched alkanes of at least 4 members (excludes halogenated alkanes) is 1. The Balaban J connectivity index is 1.85. The minimum absolute atomic E-state index is 0.0922. The first-order valence-electron chi connectivity index (χ1n) is 8.17. The number of anilines is 1. The predicted molar refractivity (Wildman–Crippen MR) is 89.5 cm³/mol. The molecule has 25 heavy (non-hydrogen) atoms. The van der Waals surface area contributed by atoms with Crippen LogP contribution in [0.2, 0.25) is 0 Å². The minimum Gasteiger partial charge on any atom is -0.406 e. The van der Waals surface area contributed by atoms with Gasteiger partial charge in [-0.2, -0.15) is 0 Å². The van der Waals surface area contributed by atoms with Gasteiger partial charge in [0.1, 0.15) is 5.75 Å². The van der Waals surface area contributed by atoms with Crippen molar-refractivity contribution in [2.75, 3.05) is 11.4 Å². The zero-order chi connectivity index (χ0) is 18.0. The number of benzene rings is 2. The van der Waals surface area contributed by atoms with Crippen molar-refractivity contribution in [3.63, 3.8) is 0 Å². The summed E-state index contributed by atoms with van der Waals surface area (Å²) in [6.45, 7) is 2.76. The molecular formula is C19H18F3NO2. The second-order valence-electron chi connectivity index (χ2n) is 5.99. The fourth-order valence-corrected chi connectivity index (χ4v) is 2.95. The summed E-state index contributed by atoms with van der Waals surface area (Å²) in [6, 6.07) is 11.5. The van der Waals surface area contributed by atoms with Gasteiger partial charge in [-0.1, -0.05) is 37.6 Å². The Morgan fingerprint density at radius 1 is 1.08 bits per heavy atom. The second kappa shape index (κ2) is 6.78. The Hall–Kier alpha value is -2.50. The molecule has 3 nitrogen and oxygen atoms in total. The molecule has 1 amide bonds. The van der Waals surface area contributed by atoms with Gasteiger partial charge in [-0.15, -0.1) is 13.2 Å². The summed E-state index contributed by atoms with van der Waals surface area (Å²) < 4.78 is 40.6. The fourth-order valence-electron chi connectivity index (χ4n) is 2.95. The molecule has 2 aromatic carbocycles. The number of nitrogens with zero attached hydrogens (tertiary/aromatic N) is 1. The zero-order valence-corrected chi connectivity index (χ0v) is 13.8. The van der Waals surface area contributed by atoms with Gasteiger partial charge < -0.3 is 9.64 Å². The summed E-state index contributed by atoms with van der Waals surface area (Å²) in [4.78, 5) is 14.0. The standard InChI is InChI=1S/C19H18F3NO2/c1-2-3-10-23-17-11-14(4-5-15(17)12-18(23)24)13-6-8-16(9-7-13)25-19(20,21)22/h4-9,11H,2-3,10,12H2,1H3. The second-order valence-corrected chi connectivity index (χ2v) is 5.99. The van der Waals surface area contributed by atoms with E-state index in [0.717, 1.165) is 35.2 Å². The molecule has 2 aromatic rings. The van der Waals surface area contributed by atoms with Crippen LogP contribution in [-0.4, -0.2) is 18.8 Å². The van der Waals surface area contributed by atoms with Crippen LogP contribution in [0.1, 0.15) is 25.3 Å². The maximum Gasteiger partial charge on any atom is 0.573 e. The molecule has 0 aromatic heterocycles. The Kier molecular flexibility index (Phi) is 4.70. The molecule has 0 saturated carbocycles. The smallest absolute Gasteiger partial charge is 0.406 e. The lowest BCUT2D eigenvalue weighted by Gasteiger charge is -2.18. The van der Waals surface area contributed by atoms with Crippen LogP contribution in [0.15, 0.2) is 42.5 Å². The van der Waals surface area contributed by atoms with Gasteiger partial charge >= 0.3 is 6.36 Å². The van der Waals surface area contributed by atoms with E-state index in [1.165, 1.54) is 12.1 Å². The molecular weight excluding hydrogens is 331 g/mol. The van der Waals surface area contributed by atoms with Gasteiger partial charge in [0.2, 0.25) is 5.91 Å². The van der Waals surface area contributed by atoms with Crippen LogP contribution in [0, 0.1) is 0 Å². The third kappa shape index (κ3) is 3.95. The minimum atomic E-state index is -4.70. The van der Waals surface area contributed by atoms with Crippen molar-refractivity contribution in [1.29, 1.82) is 0 Å². The van der Waals surface area contributed by atoms with Gasteiger partial charge in [0, 0.05) is 12.2 Å². The van der Waals surface area contributed by atoms with Crippen LogP contribution >= 0.6 is 0 Å². The molecule has 0 N–H and O–H groups in total. The summed E-state index contributed by atoms with van der Waals surface area (Å²) in [5, 5.41) is 0. The number of ether oxygens (including phenoxy) is 1. The highest BCUT2D eigenvalue weighted by molar-refractivity contribution is 6.02. The maximum absolute atomic E-state index is 12.2. The SMILES string of the molecule is CCCCN1C(=O)Cc2ccc(-c3ccc(OC(F)(F)F)cc3)cc21. The number of hydrogen-bond donors (Lipinski definition) is 0. The molecule has 0 spiro atoms. The van der Waals surface area contributed by atoms with Crippen LogP contribution in [0.3, 0.4) is 0 Å². The summed E-state index contributed by atoms with van der Waals surface area (Å²) in [5.41, 5.74) is 3.51. The van der Waals surface area contributed by atoms with E-state index in [-0.39, 0.29) is 11.7 Å². The van der Waals surface area contributed by atoms with Crippen molar-refractivity contribution in [1.82, 2.24) is 0 Å². The molecule has 0 radical (unpaired) electrons. The highest BCUT2D eigenvalue weighted by Gasteiger charge is 2.31. The highest BCUT2D eigenvalue weighted by Crippen LogP contribution is 2.34. The van der Waals surface area contributed by atoms with E-state index in [4.69, 9.17) is 0 Å². The lowest BCUT2D eigenvalue weighted by Crippen LogP contribution is -2.27. The van der Waals surface area contributed by atoms with Crippen molar-refractivity contribution in [3.05, 3.63) is 48.0 Å².